The van der Waals surface area contributed by atoms with Crippen molar-refractivity contribution in [2.75, 3.05) is 32.9 Å². The van der Waals surface area contributed by atoms with E-state index < -0.39 is 0 Å². The molecule has 1 heterocycles. The summed E-state index contributed by atoms with van der Waals surface area (Å²) in [6.45, 7) is 6.50. The standard InChI is InChI=1S/C23H36N2O4/c1-17(2)23(18-9-10-20-21(15-18)29-14-6-13-28-20)24-22(27)16-25(11-12-26)19-7-4-3-5-8-19/h9-10,15,17,19,23,26H,3-8,11-14,16H2,1-2H3,(H,24,27). The van der Waals surface area contributed by atoms with Crippen molar-refractivity contribution in [1.82, 2.24) is 10.2 Å². The number of hydrogen-bond acceptors (Lipinski definition) is 5. The number of carbonyl (C=O) groups excluding carboxylic acids is 1. The highest BCUT2D eigenvalue weighted by Gasteiger charge is 2.25. The first-order valence-corrected chi connectivity index (χ1v) is 11.1. The highest BCUT2D eigenvalue weighted by atomic mass is 16.5. The van der Waals surface area contributed by atoms with Crippen LogP contribution in [0.5, 0.6) is 11.5 Å². The van der Waals surface area contributed by atoms with Gasteiger partial charge in [0.05, 0.1) is 32.4 Å². The van der Waals surface area contributed by atoms with Gasteiger partial charge >= 0.3 is 0 Å². The second-order valence-electron chi connectivity index (χ2n) is 8.53. The van der Waals surface area contributed by atoms with Crippen LogP contribution in [0.4, 0.5) is 0 Å². The topological polar surface area (TPSA) is 71.0 Å². The minimum absolute atomic E-state index is 0.00911. The molecule has 0 bridgehead atoms. The molecule has 1 amide bonds. The van der Waals surface area contributed by atoms with E-state index in [0.717, 1.165) is 36.3 Å². The number of amides is 1. The van der Waals surface area contributed by atoms with Crippen LogP contribution >= 0.6 is 0 Å². The Kier molecular flexibility index (Phi) is 8.19. The zero-order valence-electron chi connectivity index (χ0n) is 17.9. The third kappa shape index (κ3) is 6.09. The molecule has 1 aromatic rings. The van der Waals surface area contributed by atoms with Crippen molar-refractivity contribution in [3.8, 4) is 11.5 Å². The summed E-state index contributed by atoms with van der Waals surface area (Å²) < 4.78 is 11.6. The number of carbonyl (C=O) groups is 1. The smallest absolute Gasteiger partial charge is 0.234 e. The van der Waals surface area contributed by atoms with E-state index in [4.69, 9.17) is 9.47 Å². The normalized spacial score (nSPS) is 18.5. The van der Waals surface area contributed by atoms with Crippen LogP contribution in [-0.2, 0) is 4.79 Å². The van der Waals surface area contributed by atoms with Crippen molar-refractivity contribution in [2.24, 2.45) is 5.92 Å². The molecule has 1 atom stereocenters. The van der Waals surface area contributed by atoms with Crippen LogP contribution < -0.4 is 14.8 Å². The van der Waals surface area contributed by atoms with Gasteiger partial charge in [-0.2, -0.15) is 0 Å². The van der Waals surface area contributed by atoms with E-state index in [1.165, 1.54) is 19.3 Å². The second kappa shape index (κ2) is 10.8. The Morgan fingerprint density at radius 1 is 1.14 bits per heavy atom. The lowest BCUT2D eigenvalue weighted by Gasteiger charge is -2.34. The molecule has 29 heavy (non-hydrogen) atoms. The summed E-state index contributed by atoms with van der Waals surface area (Å²) in [5.74, 6) is 1.77. The number of aliphatic hydroxyl groups is 1. The highest BCUT2D eigenvalue weighted by Crippen LogP contribution is 2.34. The molecular weight excluding hydrogens is 368 g/mol. The van der Waals surface area contributed by atoms with E-state index in [0.29, 0.717) is 32.3 Å². The lowest BCUT2D eigenvalue weighted by Crippen LogP contribution is -2.46. The molecule has 1 unspecified atom stereocenters. The summed E-state index contributed by atoms with van der Waals surface area (Å²) >= 11 is 0. The van der Waals surface area contributed by atoms with Crippen LogP contribution in [0, 0.1) is 5.92 Å². The number of rotatable bonds is 8. The fourth-order valence-corrected chi connectivity index (χ4v) is 4.38. The number of nitrogens with one attached hydrogen (secondary N) is 1. The molecule has 6 nitrogen and oxygen atoms in total. The quantitative estimate of drug-likeness (QED) is 0.696. The maximum atomic E-state index is 12.9. The lowest BCUT2D eigenvalue weighted by molar-refractivity contribution is -0.124. The minimum atomic E-state index is -0.0954. The van der Waals surface area contributed by atoms with Gasteiger partial charge in [-0.15, -0.1) is 0 Å². The van der Waals surface area contributed by atoms with Gasteiger partial charge in [0.2, 0.25) is 5.91 Å². The van der Waals surface area contributed by atoms with Gasteiger partial charge in [-0.1, -0.05) is 39.2 Å². The highest BCUT2D eigenvalue weighted by molar-refractivity contribution is 5.78. The largest absolute Gasteiger partial charge is 0.490 e. The van der Waals surface area contributed by atoms with Crippen molar-refractivity contribution in [1.29, 1.82) is 0 Å². The summed E-state index contributed by atoms with van der Waals surface area (Å²) in [5.41, 5.74) is 1.03. The monoisotopic (exact) mass is 404 g/mol. The third-order valence-electron chi connectivity index (χ3n) is 5.94. The van der Waals surface area contributed by atoms with Gasteiger partial charge in [0.15, 0.2) is 11.5 Å². The average Bonchev–Trinajstić information content (AvgIpc) is 2.97. The zero-order chi connectivity index (χ0) is 20.6. The number of fused-ring (bicyclic) bond motifs is 1. The zero-order valence-corrected chi connectivity index (χ0v) is 17.9. The van der Waals surface area contributed by atoms with E-state index in [1.807, 2.05) is 18.2 Å². The van der Waals surface area contributed by atoms with Crippen molar-refractivity contribution in [2.45, 2.75) is 64.5 Å². The maximum absolute atomic E-state index is 12.9. The molecule has 0 radical (unpaired) electrons. The summed E-state index contributed by atoms with van der Waals surface area (Å²) in [6.07, 6.45) is 6.79. The fourth-order valence-electron chi connectivity index (χ4n) is 4.38. The molecule has 6 heteroatoms. The Bertz CT molecular complexity index is 658. The Hall–Kier alpha value is -1.79. The van der Waals surface area contributed by atoms with E-state index in [-0.39, 0.29) is 24.5 Å². The molecule has 1 fully saturated rings. The number of hydrogen-bond donors (Lipinski definition) is 2. The molecule has 1 saturated carbocycles. The van der Waals surface area contributed by atoms with E-state index in [1.54, 1.807) is 0 Å². The maximum Gasteiger partial charge on any atom is 0.234 e. The molecule has 0 spiro atoms. The van der Waals surface area contributed by atoms with Crippen molar-refractivity contribution in [3.63, 3.8) is 0 Å². The van der Waals surface area contributed by atoms with Gasteiger partial charge in [-0.05, 0) is 36.5 Å². The van der Waals surface area contributed by atoms with Crippen molar-refractivity contribution >= 4 is 5.91 Å². The predicted octanol–water partition coefficient (Wildman–Crippen LogP) is 3.29. The van der Waals surface area contributed by atoms with E-state index in [9.17, 15) is 9.90 Å². The molecule has 1 aliphatic carbocycles. The van der Waals surface area contributed by atoms with Crippen LogP contribution in [0.2, 0.25) is 0 Å². The number of ether oxygens (including phenoxy) is 2. The average molecular weight is 405 g/mol. The molecule has 0 saturated heterocycles. The number of aliphatic hydroxyl groups excluding tert-OH is 1. The van der Waals surface area contributed by atoms with Gasteiger partial charge in [0.1, 0.15) is 0 Å². The van der Waals surface area contributed by atoms with Crippen LogP contribution in [0.25, 0.3) is 0 Å². The molecule has 3 rings (SSSR count). The molecule has 0 aromatic heterocycles. The fraction of sp³-hybridized carbons (Fsp3) is 0.696. The van der Waals surface area contributed by atoms with Crippen molar-refractivity contribution in [3.05, 3.63) is 23.8 Å². The van der Waals surface area contributed by atoms with Crippen LogP contribution in [0.15, 0.2) is 18.2 Å². The number of benzene rings is 1. The molecule has 1 aromatic carbocycles. The molecular formula is C23H36N2O4. The summed E-state index contributed by atoms with van der Waals surface area (Å²) in [6, 6.07) is 6.26. The lowest BCUT2D eigenvalue weighted by atomic mass is 9.94. The molecule has 162 valence electrons. The molecule has 1 aliphatic heterocycles. The van der Waals surface area contributed by atoms with Crippen molar-refractivity contribution < 1.29 is 19.4 Å². The first-order chi connectivity index (χ1) is 14.1. The van der Waals surface area contributed by atoms with Gasteiger partial charge in [-0.3, -0.25) is 9.69 Å². The van der Waals surface area contributed by atoms with Crippen LogP contribution in [0.3, 0.4) is 0 Å². The summed E-state index contributed by atoms with van der Waals surface area (Å²) in [4.78, 5) is 15.1. The third-order valence-corrected chi connectivity index (χ3v) is 5.94. The Morgan fingerprint density at radius 3 is 2.55 bits per heavy atom. The first kappa shape index (κ1) is 21.9. The molecule has 2 aliphatic rings. The minimum Gasteiger partial charge on any atom is -0.490 e. The molecule has 2 N–H and O–H groups in total. The Labute approximate surface area is 174 Å². The Morgan fingerprint density at radius 2 is 1.86 bits per heavy atom. The van der Waals surface area contributed by atoms with E-state index in [2.05, 4.69) is 24.1 Å². The van der Waals surface area contributed by atoms with Crippen LogP contribution in [-0.4, -0.2) is 54.9 Å². The summed E-state index contributed by atoms with van der Waals surface area (Å²) in [5, 5.41) is 12.7. The van der Waals surface area contributed by atoms with Gasteiger partial charge in [-0.25, -0.2) is 0 Å². The second-order valence-corrected chi connectivity index (χ2v) is 8.53. The van der Waals surface area contributed by atoms with Gasteiger partial charge in [0.25, 0.3) is 0 Å². The first-order valence-electron chi connectivity index (χ1n) is 11.1. The number of nitrogens with zero attached hydrogens (tertiary/aromatic N) is 1. The van der Waals surface area contributed by atoms with E-state index >= 15 is 0 Å². The Balaban J connectivity index is 1.67. The van der Waals surface area contributed by atoms with Gasteiger partial charge in [0, 0.05) is 19.0 Å². The summed E-state index contributed by atoms with van der Waals surface area (Å²) in [7, 11) is 0. The van der Waals surface area contributed by atoms with Gasteiger partial charge < -0.3 is 19.9 Å². The van der Waals surface area contributed by atoms with Crippen LogP contribution in [0.1, 0.15) is 64.0 Å². The predicted molar refractivity (Wildman–Crippen MR) is 113 cm³/mol. The SMILES string of the molecule is CC(C)C(NC(=O)CN(CCO)C1CCCCC1)c1ccc2c(c1)OCCCO2.